The lowest BCUT2D eigenvalue weighted by Gasteiger charge is -2.31. The van der Waals surface area contributed by atoms with E-state index in [0.717, 1.165) is 5.01 Å². The fourth-order valence-electron chi connectivity index (χ4n) is 1.95. The minimum Gasteiger partial charge on any atom is -0.335 e. The van der Waals surface area contributed by atoms with Crippen molar-refractivity contribution < 1.29 is 4.79 Å². The van der Waals surface area contributed by atoms with Crippen LogP contribution in [0.3, 0.4) is 0 Å². The highest BCUT2D eigenvalue weighted by Gasteiger charge is 2.27. The lowest BCUT2D eigenvalue weighted by atomic mass is 9.86. The van der Waals surface area contributed by atoms with E-state index in [9.17, 15) is 4.79 Å². The van der Waals surface area contributed by atoms with Crippen LogP contribution in [-0.4, -0.2) is 31.8 Å². The van der Waals surface area contributed by atoms with Crippen molar-refractivity contribution in [1.82, 2.24) is 25.1 Å². The second-order valence-corrected chi connectivity index (χ2v) is 7.89. The van der Waals surface area contributed by atoms with Crippen molar-refractivity contribution in [2.75, 3.05) is 5.32 Å². The van der Waals surface area contributed by atoms with Gasteiger partial charge in [-0.2, -0.15) is 0 Å². The number of rotatable bonds is 5. The fraction of sp³-hybridized carbons (Fsp3) is 0.600. The summed E-state index contributed by atoms with van der Waals surface area (Å²) in [5.41, 5.74) is -0.0914. The van der Waals surface area contributed by atoms with Gasteiger partial charge in [0.25, 0.3) is 0 Å². The molecular formula is C15H24N6OS. The first-order valence-corrected chi connectivity index (χ1v) is 8.44. The number of urea groups is 1. The third-order valence-corrected chi connectivity index (χ3v) is 4.60. The van der Waals surface area contributed by atoms with Crippen molar-refractivity contribution in [3.8, 4) is 0 Å². The number of nitrogens with one attached hydrogen (secondary N) is 2. The maximum absolute atomic E-state index is 12.3. The van der Waals surface area contributed by atoms with Crippen molar-refractivity contribution in [2.45, 2.75) is 53.1 Å². The van der Waals surface area contributed by atoms with Crippen LogP contribution in [0.25, 0.3) is 0 Å². The Balaban J connectivity index is 1.99. The molecule has 2 aromatic rings. The summed E-state index contributed by atoms with van der Waals surface area (Å²) in [6.45, 7) is 11.0. The van der Waals surface area contributed by atoms with E-state index < -0.39 is 0 Å². The minimum atomic E-state index is -0.267. The number of anilines is 1. The first-order valence-electron chi connectivity index (χ1n) is 7.62. The largest absolute Gasteiger partial charge is 0.335 e. The predicted molar refractivity (Wildman–Crippen MR) is 91.6 cm³/mol. The molecule has 2 heterocycles. The molecule has 2 rings (SSSR count). The van der Waals surface area contributed by atoms with E-state index in [1.54, 1.807) is 12.5 Å². The van der Waals surface area contributed by atoms with Crippen LogP contribution in [0, 0.1) is 5.41 Å². The second kappa shape index (κ2) is 7.08. The van der Waals surface area contributed by atoms with Gasteiger partial charge in [-0.1, -0.05) is 46.0 Å². The minimum absolute atomic E-state index is 0.0470. The lowest BCUT2D eigenvalue weighted by molar-refractivity contribution is 0.218. The lowest BCUT2D eigenvalue weighted by Crippen LogP contribution is -2.47. The highest BCUT2D eigenvalue weighted by Crippen LogP contribution is 2.23. The number of hydrogen-bond acceptors (Lipinski definition) is 5. The molecule has 0 saturated carbocycles. The highest BCUT2D eigenvalue weighted by molar-refractivity contribution is 7.15. The molecule has 0 spiro atoms. The Morgan fingerprint density at radius 1 is 1.35 bits per heavy atom. The highest BCUT2D eigenvalue weighted by atomic mass is 32.1. The Bertz CT molecular complexity index is 629. The van der Waals surface area contributed by atoms with E-state index in [4.69, 9.17) is 0 Å². The van der Waals surface area contributed by atoms with Crippen molar-refractivity contribution in [2.24, 2.45) is 5.41 Å². The SMILES string of the molecule is CC(C)c1nnc(NC(=O)N[C@H](Cn2ccnc2)C(C)(C)C)s1. The first kappa shape index (κ1) is 17.4. The molecule has 0 aromatic carbocycles. The maximum Gasteiger partial charge on any atom is 0.321 e. The Morgan fingerprint density at radius 2 is 2.09 bits per heavy atom. The van der Waals surface area contributed by atoms with Crippen LogP contribution in [0.5, 0.6) is 0 Å². The topological polar surface area (TPSA) is 84.7 Å². The van der Waals surface area contributed by atoms with E-state index in [1.807, 2.05) is 24.6 Å². The van der Waals surface area contributed by atoms with Gasteiger partial charge < -0.3 is 9.88 Å². The molecule has 1 atom stereocenters. The van der Waals surface area contributed by atoms with Crippen LogP contribution in [0.1, 0.15) is 45.5 Å². The molecule has 0 aliphatic carbocycles. The molecule has 8 heteroatoms. The van der Waals surface area contributed by atoms with Gasteiger partial charge in [0.2, 0.25) is 5.13 Å². The van der Waals surface area contributed by atoms with Crippen LogP contribution >= 0.6 is 11.3 Å². The van der Waals surface area contributed by atoms with Crippen molar-refractivity contribution in [3.63, 3.8) is 0 Å². The van der Waals surface area contributed by atoms with Gasteiger partial charge in [-0.05, 0) is 5.41 Å². The Morgan fingerprint density at radius 3 is 2.61 bits per heavy atom. The Labute approximate surface area is 140 Å². The van der Waals surface area contributed by atoms with E-state index in [0.29, 0.717) is 17.6 Å². The predicted octanol–water partition coefficient (Wildman–Crippen LogP) is 3.09. The van der Waals surface area contributed by atoms with E-state index in [-0.39, 0.29) is 17.5 Å². The van der Waals surface area contributed by atoms with Crippen molar-refractivity contribution in [3.05, 3.63) is 23.7 Å². The maximum atomic E-state index is 12.3. The zero-order valence-electron chi connectivity index (χ0n) is 14.2. The third-order valence-electron chi connectivity index (χ3n) is 3.46. The Kier molecular flexibility index (Phi) is 5.35. The van der Waals surface area contributed by atoms with Gasteiger partial charge in [-0.15, -0.1) is 10.2 Å². The summed E-state index contributed by atoms with van der Waals surface area (Å²) in [6, 6.07) is -0.314. The number of amides is 2. The summed E-state index contributed by atoms with van der Waals surface area (Å²) >= 11 is 1.40. The molecular weight excluding hydrogens is 312 g/mol. The molecule has 2 aromatic heterocycles. The molecule has 0 aliphatic rings. The number of carbonyl (C=O) groups is 1. The molecule has 0 aliphatic heterocycles. The second-order valence-electron chi connectivity index (χ2n) is 6.88. The molecule has 0 fully saturated rings. The van der Waals surface area contributed by atoms with Crippen LogP contribution < -0.4 is 10.6 Å². The van der Waals surface area contributed by atoms with Gasteiger partial charge in [0.05, 0.1) is 12.4 Å². The molecule has 7 nitrogen and oxygen atoms in total. The number of hydrogen-bond donors (Lipinski definition) is 2. The monoisotopic (exact) mass is 336 g/mol. The smallest absolute Gasteiger partial charge is 0.321 e. The zero-order chi connectivity index (χ0) is 17.0. The number of aromatic nitrogens is 4. The summed E-state index contributed by atoms with van der Waals surface area (Å²) in [4.78, 5) is 16.3. The van der Waals surface area contributed by atoms with Gasteiger partial charge in [0, 0.05) is 24.9 Å². The van der Waals surface area contributed by atoms with Crippen molar-refractivity contribution >= 4 is 22.5 Å². The summed E-state index contributed by atoms with van der Waals surface area (Å²) in [5.74, 6) is 0.301. The fourth-order valence-corrected chi connectivity index (χ4v) is 2.69. The average molecular weight is 336 g/mol. The molecule has 2 amide bonds. The average Bonchev–Trinajstić information content (AvgIpc) is 3.08. The number of nitrogens with zero attached hydrogens (tertiary/aromatic N) is 4. The summed E-state index contributed by atoms with van der Waals surface area (Å²) < 4.78 is 1.96. The van der Waals surface area contributed by atoms with Crippen LogP contribution in [-0.2, 0) is 6.54 Å². The van der Waals surface area contributed by atoms with Crippen LogP contribution in [0.2, 0.25) is 0 Å². The van der Waals surface area contributed by atoms with Gasteiger partial charge in [-0.25, -0.2) is 9.78 Å². The third kappa shape index (κ3) is 5.02. The van der Waals surface area contributed by atoms with E-state index in [1.165, 1.54) is 11.3 Å². The van der Waals surface area contributed by atoms with Gasteiger partial charge in [0.1, 0.15) is 5.01 Å². The van der Waals surface area contributed by atoms with Gasteiger partial charge in [-0.3, -0.25) is 5.32 Å². The van der Waals surface area contributed by atoms with Crippen LogP contribution in [0.4, 0.5) is 9.93 Å². The quantitative estimate of drug-likeness (QED) is 0.878. The zero-order valence-corrected chi connectivity index (χ0v) is 15.0. The number of imidazole rings is 1. The number of carbonyl (C=O) groups excluding carboxylic acids is 1. The Hall–Kier alpha value is -1.96. The van der Waals surface area contributed by atoms with E-state index >= 15 is 0 Å². The normalized spacial score (nSPS) is 13.1. The molecule has 0 saturated heterocycles. The molecule has 126 valence electrons. The van der Waals surface area contributed by atoms with Gasteiger partial charge in [0.15, 0.2) is 0 Å². The molecule has 0 bridgehead atoms. The molecule has 23 heavy (non-hydrogen) atoms. The molecule has 2 N–H and O–H groups in total. The van der Waals surface area contributed by atoms with Gasteiger partial charge >= 0.3 is 6.03 Å². The summed E-state index contributed by atoms with van der Waals surface area (Å²) in [6.07, 6.45) is 5.37. The molecule has 0 radical (unpaired) electrons. The van der Waals surface area contributed by atoms with Crippen molar-refractivity contribution in [1.29, 1.82) is 0 Å². The first-order chi connectivity index (χ1) is 10.8. The summed E-state index contributed by atoms with van der Waals surface area (Å²) in [5, 5.41) is 15.3. The summed E-state index contributed by atoms with van der Waals surface area (Å²) in [7, 11) is 0. The van der Waals surface area contributed by atoms with E-state index in [2.05, 4.69) is 46.6 Å². The standard InChI is InChI=1S/C15H24N6OS/c1-10(2)12-19-20-14(23-12)18-13(22)17-11(15(3,4)5)8-21-7-6-16-9-21/h6-7,9-11H,8H2,1-5H3,(H2,17,18,20,22)/t11-/m1/s1. The molecule has 0 unspecified atom stereocenters. The van der Waals surface area contributed by atoms with Crippen LogP contribution in [0.15, 0.2) is 18.7 Å².